The molecular weight excluding hydrogens is 480 g/mol. The number of nitrogens with zero attached hydrogens (tertiary/aromatic N) is 2. The van der Waals surface area contributed by atoms with Crippen molar-refractivity contribution in [1.82, 2.24) is 9.47 Å². The predicted octanol–water partition coefficient (Wildman–Crippen LogP) is 3.56. The van der Waals surface area contributed by atoms with Crippen LogP contribution >= 0.6 is 0 Å². The second kappa shape index (κ2) is 10.2. The number of carbonyl (C=O) groups is 3. The number of nitrogens with two attached hydrogens (primary N) is 2. The highest BCUT2D eigenvalue weighted by Crippen LogP contribution is 2.25. The van der Waals surface area contributed by atoms with Crippen molar-refractivity contribution in [2.24, 2.45) is 11.5 Å². The van der Waals surface area contributed by atoms with E-state index in [1.54, 1.807) is 66.7 Å². The van der Waals surface area contributed by atoms with Gasteiger partial charge in [0.1, 0.15) is 11.5 Å². The molecule has 4 aromatic rings. The molecule has 3 aromatic carbocycles. The summed E-state index contributed by atoms with van der Waals surface area (Å²) in [6.45, 7) is 1.90. The van der Waals surface area contributed by atoms with Crippen LogP contribution in [0.1, 0.15) is 55.2 Å². The quantitative estimate of drug-likeness (QED) is 0.223. The summed E-state index contributed by atoms with van der Waals surface area (Å²) in [4.78, 5) is 39.4. The number of hydrogen-bond donors (Lipinski definition) is 4. The average Bonchev–Trinajstić information content (AvgIpc) is 3.57. The van der Waals surface area contributed by atoms with Gasteiger partial charge in [-0.25, -0.2) is 0 Å². The zero-order chi connectivity index (χ0) is 26.8. The molecule has 0 unspecified atom stereocenters. The number of nitrogens with one attached hydrogen (secondary N) is 2. The van der Waals surface area contributed by atoms with Crippen LogP contribution in [0.4, 0.5) is 5.69 Å². The number of rotatable bonds is 7. The van der Waals surface area contributed by atoms with E-state index in [0.717, 1.165) is 42.4 Å². The Bertz CT molecular complexity index is 1550. The van der Waals surface area contributed by atoms with Crippen molar-refractivity contribution >= 4 is 40.1 Å². The van der Waals surface area contributed by atoms with Crippen molar-refractivity contribution in [3.05, 3.63) is 101 Å². The van der Waals surface area contributed by atoms with Crippen LogP contribution in [0.15, 0.2) is 72.8 Å². The molecular formula is C29H28N6O3. The lowest BCUT2D eigenvalue weighted by molar-refractivity contribution is 0.0792. The summed E-state index contributed by atoms with van der Waals surface area (Å²) in [7, 11) is 0. The molecule has 0 bridgehead atoms. The lowest BCUT2D eigenvalue weighted by atomic mass is 10.1. The number of carbonyl (C=O) groups excluding carboxylic acids is 3. The minimum Gasteiger partial charge on any atom is -0.384 e. The minimum atomic E-state index is -0.512. The number of hydrogen-bond acceptors (Lipinski definition) is 4. The molecule has 9 heteroatoms. The van der Waals surface area contributed by atoms with Crippen LogP contribution in [0.3, 0.4) is 0 Å². The molecule has 1 saturated heterocycles. The standard InChI is InChI=1S/C29H28N6O3/c30-26(31)22-8-7-21-15-25(35(24(21)16-22)17-18-3-5-19(6-4-18)27(32)36)28(37)33-23-11-9-20(10-12-23)29(38)34-13-1-2-14-34/h3-12,15-16H,1-2,13-14,17H2,(H3,30,31)(H2,32,36)(H,33,37). The van der Waals surface area contributed by atoms with Gasteiger partial charge in [-0.3, -0.25) is 19.8 Å². The third-order valence-electron chi connectivity index (χ3n) is 6.81. The lowest BCUT2D eigenvalue weighted by Gasteiger charge is -2.15. The van der Waals surface area contributed by atoms with Crippen molar-refractivity contribution in [3.63, 3.8) is 0 Å². The number of primary amides is 1. The molecule has 0 saturated carbocycles. The highest BCUT2D eigenvalue weighted by Gasteiger charge is 2.20. The number of amides is 3. The van der Waals surface area contributed by atoms with Gasteiger partial charge in [0.2, 0.25) is 5.91 Å². The molecule has 0 atom stereocenters. The van der Waals surface area contributed by atoms with Gasteiger partial charge in [-0.05, 0) is 66.9 Å². The van der Waals surface area contributed by atoms with Crippen LogP contribution < -0.4 is 16.8 Å². The van der Waals surface area contributed by atoms with Gasteiger partial charge < -0.3 is 26.3 Å². The maximum Gasteiger partial charge on any atom is 0.272 e. The first kappa shape index (κ1) is 24.8. The Labute approximate surface area is 219 Å². The summed E-state index contributed by atoms with van der Waals surface area (Å²) in [5.74, 6) is -0.899. The zero-order valence-electron chi connectivity index (χ0n) is 20.7. The lowest BCUT2D eigenvalue weighted by Crippen LogP contribution is -2.27. The molecule has 9 nitrogen and oxygen atoms in total. The Kier molecular flexibility index (Phi) is 6.66. The smallest absolute Gasteiger partial charge is 0.272 e. The summed E-state index contributed by atoms with van der Waals surface area (Å²) >= 11 is 0. The number of amidine groups is 1. The van der Waals surface area contributed by atoms with Gasteiger partial charge >= 0.3 is 0 Å². The zero-order valence-corrected chi connectivity index (χ0v) is 20.7. The summed E-state index contributed by atoms with van der Waals surface area (Å²) in [6, 6.07) is 20.9. The fourth-order valence-electron chi connectivity index (χ4n) is 4.73. The average molecular weight is 509 g/mol. The molecule has 0 radical (unpaired) electrons. The van der Waals surface area contributed by atoms with Crippen LogP contribution in [0.2, 0.25) is 0 Å². The van der Waals surface area contributed by atoms with Gasteiger partial charge in [0, 0.05) is 52.9 Å². The first-order valence-electron chi connectivity index (χ1n) is 12.4. The van der Waals surface area contributed by atoms with Crippen molar-refractivity contribution in [3.8, 4) is 0 Å². The van der Waals surface area contributed by atoms with Crippen LogP contribution in [-0.4, -0.2) is 46.1 Å². The largest absolute Gasteiger partial charge is 0.384 e. The van der Waals surface area contributed by atoms with Crippen LogP contribution in [0.25, 0.3) is 10.9 Å². The molecule has 0 aliphatic carbocycles. The highest BCUT2D eigenvalue weighted by molar-refractivity contribution is 6.07. The van der Waals surface area contributed by atoms with Crippen molar-refractivity contribution in [1.29, 1.82) is 5.41 Å². The molecule has 3 amide bonds. The molecule has 2 heterocycles. The molecule has 5 rings (SSSR count). The maximum absolute atomic E-state index is 13.4. The Morgan fingerprint density at radius 1 is 0.816 bits per heavy atom. The first-order valence-corrected chi connectivity index (χ1v) is 12.4. The van der Waals surface area contributed by atoms with E-state index < -0.39 is 5.91 Å². The molecule has 1 fully saturated rings. The SMILES string of the molecule is N=C(N)c1ccc2cc(C(=O)Nc3ccc(C(=O)N4CCCC4)cc3)n(Cc3ccc(C(N)=O)cc3)c2c1. The number of aromatic nitrogens is 1. The molecule has 1 aliphatic heterocycles. The van der Waals surface area contributed by atoms with Crippen LogP contribution in [0.5, 0.6) is 0 Å². The van der Waals surface area contributed by atoms with Crippen molar-refractivity contribution in [2.75, 3.05) is 18.4 Å². The first-order chi connectivity index (χ1) is 18.3. The Balaban J connectivity index is 1.44. The summed E-state index contributed by atoms with van der Waals surface area (Å²) < 4.78 is 1.85. The Morgan fingerprint density at radius 3 is 2.08 bits per heavy atom. The van der Waals surface area contributed by atoms with Gasteiger partial charge in [0.25, 0.3) is 11.8 Å². The molecule has 1 aliphatic rings. The number of benzene rings is 3. The van der Waals surface area contributed by atoms with E-state index in [-0.39, 0.29) is 17.6 Å². The third kappa shape index (κ3) is 4.99. The molecule has 192 valence electrons. The topological polar surface area (TPSA) is 147 Å². The third-order valence-corrected chi connectivity index (χ3v) is 6.81. The van der Waals surface area contributed by atoms with Gasteiger partial charge in [-0.15, -0.1) is 0 Å². The number of nitrogen functional groups attached to an aromatic ring is 1. The van der Waals surface area contributed by atoms with Gasteiger partial charge in [0.05, 0.1) is 0 Å². The highest BCUT2D eigenvalue weighted by atomic mass is 16.2. The fourth-order valence-corrected chi connectivity index (χ4v) is 4.73. The Morgan fingerprint density at radius 2 is 1.45 bits per heavy atom. The van der Waals surface area contributed by atoms with Gasteiger partial charge in [0.15, 0.2) is 0 Å². The monoisotopic (exact) mass is 508 g/mol. The molecule has 1 aromatic heterocycles. The summed E-state index contributed by atoms with van der Waals surface area (Å²) in [6.07, 6.45) is 2.05. The second-order valence-corrected chi connectivity index (χ2v) is 9.39. The van der Waals surface area contributed by atoms with E-state index in [0.29, 0.717) is 34.6 Å². The van der Waals surface area contributed by atoms with Gasteiger partial charge in [-0.1, -0.05) is 24.3 Å². The summed E-state index contributed by atoms with van der Waals surface area (Å²) in [5, 5.41) is 11.6. The Hall–Kier alpha value is -4.92. The number of fused-ring (bicyclic) bond motifs is 1. The van der Waals surface area contributed by atoms with E-state index in [1.807, 2.05) is 15.5 Å². The van der Waals surface area contributed by atoms with E-state index >= 15 is 0 Å². The number of anilines is 1. The van der Waals surface area contributed by atoms with E-state index in [9.17, 15) is 14.4 Å². The van der Waals surface area contributed by atoms with Crippen molar-refractivity contribution < 1.29 is 14.4 Å². The number of likely N-dealkylation sites (tertiary alicyclic amines) is 1. The molecule has 38 heavy (non-hydrogen) atoms. The fraction of sp³-hybridized carbons (Fsp3) is 0.172. The van der Waals surface area contributed by atoms with E-state index in [4.69, 9.17) is 16.9 Å². The predicted molar refractivity (Wildman–Crippen MR) is 147 cm³/mol. The van der Waals surface area contributed by atoms with E-state index in [1.165, 1.54) is 0 Å². The van der Waals surface area contributed by atoms with Crippen LogP contribution in [0, 0.1) is 5.41 Å². The minimum absolute atomic E-state index is 0.00383. The summed E-state index contributed by atoms with van der Waals surface area (Å²) in [5.41, 5.74) is 15.2. The second-order valence-electron chi connectivity index (χ2n) is 9.39. The van der Waals surface area contributed by atoms with Crippen molar-refractivity contribution in [2.45, 2.75) is 19.4 Å². The molecule has 6 N–H and O–H groups in total. The van der Waals surface area contributed by atoms with Crippen LogP contribution in [-0.2, 0) is 6.54 Å². The van der Waals surface area contributed by atoms with E-state index in [2.05, 4.69) is 5.32 Å². The normalized spacial score (nSPS) is 13.0. The van der Waals surface area contributed by atoms with Gasteiger partial charge in [-0.2, -0.15) is 0 Å². The molecule has 0 spiro atoms. The maximum atomic E-state index is 13.4.